The Morgan fingerprint density at radius 1 is 0.812 bits per heavy atom. The maximum absolute atomic E-state index is 11.5. The lowest BCUT2D eigenvalue weighted by molar-refractivity contribution is 0.179. The predicted molar refractivity (Wildman–Crippen MR) is 63.4 cm³/mol. The summed E-state index contributed by atoms with van der Waals surface area (Å²) in [5.74, 6) is 1.24. The van der Waals surface area contributed by atoms with Crippen molar-refractivity contribution in [3.05, 3.63) is 0 Å². The Hall–Kier alpha value is 0.0200. The molecule has 3 nitrogen and oxygen atoms in total. The normalized spacial score (nSPS) is 23.0. The second-order valence-corrected chi connectivity index (χ2v) is 6.08. The number of rotatable bonds is 6. The summed E-state index contributed by atoms with van der Waals surface area (Å²) in [6.45, 7) is 1.25. The van der Waals surface area contributed by atoms with Gasteiger partial charge in [0.1, 0.15) is 13.2 Å². The molecule has 0 saturated heterocycles. The molecule has 2 rings (SSSR count). The molecule has 0 aliphatic heterocycles. The van der Waals surface area contributed by atoms with Gasteiger partial charge >= 0.3 is 8.25 Å². The van der Waals surface area contributed by atoms with Crippen molar-refractivity contribution in [2.45, 2.75) is 51.4 Å². The van der Waals surface area contributed by atoms with Gasteiger partial charge in [-0.15, -0.1) is 9.05 Å². The Balaban J connectivity index is 1.53. The molecule has 4 heteroatoms. The molecule has 2 saturated carbocycles. The third-order valence-corrected chi connectivity index (χ3v) is 4.50. The van der Waals surface area contributed by atoms with E-state index in [1.807, 2.05) is 0 Å². The largest absolute Gasteiger partial charge is 0.697 e. The van der Waals surface area contributed by atoms with Crippen molar-refractivity contribution in [3.63, 3.8) is 0 Å². The third kappa shape index (κ3) is 4.12. The van der Waals surface area contributed by atoms with E-state index in [0.29, 0.717) is 25.0 Å². The Bertz CT molecular complexity index is 198. The molecule has 0 amide bonds. The summed E-state index contributed by atoms with van der Waals surface area (Å²) >= 11 is 0. The molecule has 0 aromatic heterocycles. The van der Waals surface area contributed by atoms with Crippen LogP contribution in [0.2, 0.25) is 0 Å². The highest BCUT2D eigenvalue weighted by Gasteiger charge is 2.27. The lowest BCUT2D eigenvalue weighted by atomic mass is 10.1. The van der Waals surface area contributed by atoms with E-state index in [-0.39, 0.29) is 0 Å². The SMILES string of the molecule is O=[P+](OCC1CCCC1)OCC1CCCC1. The van der Waals surface area contributed by atoms with Crippen LogP contribution >= 0.6 is 8.25 Å². The standard InChI is InChI=1S/C12H22O3P/c13-16(14-9-11-5-1-2-6-11)15-10-12-7-3-4-8-12/h11-12H,1-10H2/q+1. The molecule has 0 spiro atoms. The van der Waals surface area contributed by atoms with E-state index < -0.39 is 8.25 Å². The monoisotopic (exact) mass is 245 g/mol. The molecule has 92 valence electrons. The molecule has 2 aliphatic rings. The van der Waals surface area contributed by atoms with Gasteiger partial charge in [-0.2, -0.15) is 0 Å². The molecule has 0 unspecified atom stereocenters. The van der Waals surface area contributed by atoms with Gasteiger partial charge in [-0.3, -0.25) is 0 Å². The van der Waals surface area contributed by atoms with Gasteiger partial charge in [-0.25, -0.2) is 0 Å². The van der Waals surface area contributed by atoms with Crippen molar-refractivity contribution >= 4 is 8.25 Å². The van der Waals surface area contributed by atoms with E-state index >= 15 is 0 Å². The molecule has 0 radical (unpaired) electrons. The molecule has 0 aromatic carbocycles. The Morgan fingerprint density at radius 3 is 1.56 bits per heavy atom. The fourth-order valence-corrected chi connectivity index (χ4v) is 3.46. The van der Waals surface area contributed by atoms with Gasteiger partial charge in [0.05, 0.1) is 0 Å². The fourth-order valence-electron chi connectivity index (χ4n) is 2.72. The summed E-state index contributed by atoms with van der Waals surface area (Å²) in [5, 5.41) is 0. The van der Waals surface area contributed by atoms with Gasteiger partial charge in [0.15, 0.2) is 0 Å². The highest BCUT2D eigenvalue weighted by molar-refractivity contribution is 7.33. The first-order chi connectivity index (χ1) is 7.84. The molecule has 0 bridgehead atoms. The van der Waals surface area contributed by atoms with Crippen molar-refractivity contribution in [2.24, 2.45) is 11.8 Å². The zero-order chi connectivity index (χ0) is 11.2. The number of hydrogen-bond donors (Lipinski definition) is 0. The van der Waals surface area contributed by atoms with Crippen LogP contribution < -0.4 is 0 Å². The van der Waals surface area contributed by atoms with Crippen molar-refractivity contribution in [1.29, 1.82) is 0 Å². The zero-order valence-corrected chi connectivity index (χ0v) is 10.8. The third-order valence-electron chi connectivity index (χ3n) is 3.78. The number of hydrogen-bond acceptors (Lipinski definition) is 3. The van der Waals surface area contributed by atoms with Crippen LogP contribution in [0.3, 0.4) is 0 Å². The molecule has 0 N–H and O–H groups in total. The molecule has 0 aromatic rings. The highest BCUT2D eigenvalue weighted by atomic mass is 31.1. The average molecular weight is 245 g/mol. The summed E-state index contributed by atoms with van der Waals surface area (Å²) < 4.78 is 22.0. The van der Waals surface area contributed by atoms with Crippen LogP contribution in [0.1, 0.15) is 51.4 Å². The van der Waals surface area contributed by atoms with Crippen LogP contribution in [-0.2, 0) is 13.6 Å². The second kappa shape index (κ2) is 6.68. The van der Waals surface area contributed by atoms with Crippen molar-refractivity contribution in [1.82, 2.24) is 0 Å². The Morgan fingerprint density at radius 2 is 1.19 bits per heavy atom. The van der Waals surface area contributed by atoms with Gasteiger partial charge in [-0.05, 0) is 37.5 Å². The summed E-state index contributed by atoms with van der Waals surface area (Å²) in [7, 11) is -1.86. The minimum atomic E-state index is -1.86. The van der Waals surface area contributed by atoms with Crippen molar-refractivity contribution in [2.75, 3.05) is 13.2 Å². The van der Waals surface area contributed by atoms with Crippen LogP contribution in [-0.4, -0.2) is 13.2 Å². The van der Waals surface area contributed by atoms with Crippen LogP contribution in [0, 0.1) is 11.8 Å². The lowest BCUT2D eigenvalue weighted by Crippen LogP contribution is -2.04. The van der Waals surface area contributed by atoms with Gasteiger partial charge in [0.2, 0.25) is 0 Å². The summed E-state index contributed by atoms with van der Waals surface area (Å²) in [6.07, 6.45) is 10.1. The fraction of sp³-hybridized carbons (Fsp3) is 1.00. The first kappa shape index (κ1) is 12.5. The molecular formula is C12H22O3P+. The summed E-state index contributed by atoms with van der Waals surface area (Å²) in [4.78, 5) is 0. The summed E-state index contributed by atoms with van der Waals surface area (Å²) in [5.41, 5.74) is 0. The quantitative estimate of drug-likeness (QED) is 0.662. The maximum atomic E-state index is 11.5. The smallest absolute Gasteiger partial charge is 0.119 e. The van der Waals surface area contributed by atoms with Crippen LogP contribution in [0.25, 0.3) is 0 Å². The van der Waals surface area contributed by atoms with Gasteiger partial charge < -0.3 is 0 Å². The van der Waals surface area contributed by atoms with E-state index in [1.165, 1.54) is 51.4 Å². The highest BCUT2D eigenvalue weighted by Crippen LogP contribution is 2.33. The topological polar surface area (TPSA) is 35.5 Å². The van der Waals surface area contributed by atoms with Crippen LogP contribution in [0.5, 0.6) is 0 Å². The maximum Gasteiger partial charge on any atom is 0.697 e. The van der Waals surface area contributed by atoms with E-state index in [2.05, 4.69) is 0 Å². The van der Waals surface area contributed by atoms with Crippen LogP contribution in [0.4, 0.5) is 0 Å². The molecular weight excluding hydrogens is 223 g/mol. The minimum Gasteiger partial charge on any atom is -0.119 e. The molecule has 2 fully saturated rings. The van der Waals surface area contributed by atoms with Crippen molar-refractivity contribution in [3.8, 4) is 0 Å². The van der Waals surface area contributed by atoms with Gasteiger partial charge in [0.25, 0.3) is 0 Å². The van der Waals surface area contributed by atoms with E-state index in [0.717, 1.165) is 0 Å². The predicted octanol–water partition coefficient (Wildman–Crippen LogP) is 4.06. The minimum absolute atomic E-state index is 0.619. The lowest BCUT2D eigenvalue weighted by Gasteiger charge is -2.03. The Labute approximate surface area is 98.8 Å². The van der Waals surface area contributed by atoms with Gasteiger partial charge in [-0.1, -0.05) is 25.7 Å². The van der Waals surface area contributed by atoms with E-state index in [1.54, 1.807) is 0 Å². The molecule has 16 heavy (non-hydrogen) atoms. The zero-order valence-electron chi connectivity index (χ0n) is 9.90. The first-order valence-electron chi connectivity index (χ1n) is 6.57. The van der Waals surface area contributed by atoms with Crippen LogP contribution in [0.15, 0.2) is 0 Å². The van der Waals surface area contributed by atoms with E-state index in [4.69, 9.17) is 9.05 Å². The molecule has 0 atom stereocenters. The Kier molecular flexibility index (Phi) is 5.21. The van der Waals surface area contributed by atoms with Crippen molar-refractivity contribution < 1.29 is 13.6 Å². The second-order valence-electron chi connectivity index (χ2n) is 5.12. The summed E-state index contributed by atoms with van der Waals surface area (Å²) in [6, 6.07) is 0. The molecule has 2 aliphatic carbocycles. The van der Waals surface area contributed by atoms with Gasteiger partial charge in [0, 0.05) is 4.57 Å². The average Bonchev–Trinajstić information content (AvgIpc) is 2.96. The first-order valence-corrected chi connectivity index (χ1v) is 7.67. The van der Waals surface area contributed by atoms with E-state index in [9.17, 15) is 4.57 Å². The molecule has 0 heterocycles.